The molecule has 3 aromatic rings. The molecule has 1 amide bonds. The maximum atomic E-state index is 12.5. The van der Waals surface area contributed by atoms with Crippen molar-refractivity contribution in [3.05, 3.63) is 58.9 Å². The van der Waals surface area contributed by atoms with Gasteiger partial charge in [-0.25, -0.2) is 18.5 Å². The highest BCUT2D eigenvalue weighted by molar-refractivity contribution is 7.89. The summed E-state index contributed by atoms with van der Waals surface area (Å²) in [6.45, 7) is 4.66. The molecule has 0 saturated carbocycles. The molecule has 3 rings (SSSR count). The molecule has 2 aromatic carbocycles. The standard InChI is InChI=1S/C21H25ClN4O3S/c1-3-12-26-19-9-8-15(30(23,28)29)13-18(19)25-20(26)10-11-21(27)24-14(2)16-6-4-5-7-17(16)22/h4-9,13-14H,3,10-12H2,1-2H3,(H,24,27)(H2,23,28,29). The summed E-state index contributed by atoms with van der Waals surface area (Å²) < 4.78 is 25.3. The van der Waals surface area contributed by atoms with Gasteiger partial charge in [0.15, 0.2) is 0 Å². The van der Waals surface area contributed by atoms with E-state index < -0.39 is 10.0 Å². The molecule has 0 radical (unpaired) electrons. The summed E-state index contributed by atoms with van der Waals surface area (Å²) in [5.74, 6) is 0.627. The first-order valence-electron chi connectivity index (χ1n) is 9.76. The Morgan fingerprint density at radius 2 is 2.00 bits per heavy atom. The number of fused-ring (bicyclic) bond motifs is 1. The molecular formula is C21H25ClN4O3S. The number of aryl methyl sites for hydroxylation is 2. The number of nitrogens with two attached hydrogens (primary N) is 1. The van der Waals surface area contributed by atoms with Crippen LogP contribution < -0.4 is 10.5 Å². The largest absolute Gasteiger partial charge is 0.350 e. The van der Waals surface area contributed by atoms with Gasteiger partial charge in [-0.15, -0.1) is 0 Å². The number of rotatable bonds is 8. The fourth-order valence-electron chi connectivity index (χ4n) is 3.44. The van der Waals surface area contributed by atoms with E-state index in [-0.39, 0.29) is 23.3 Å². The molecule has 1 aromatic heterocycles. The second kappa shape index (κ2) is 9.16. The number of primary sulfonamides is 1. The number of halogens is 1. The lowest BCUT2D eigenvalue weighted by atomic mass is 10.1. The molecule has 3 N–H and O–H groups in total. The van der Waals surface area contributed by atoms with Crippen LogP contribution >= 0.6 is 11.6 Å². The monoisotopic (exact) mass is 448 g/mol. The lowest BCUT2D eigenvalue weighted by Gasteiger charge is -2.15. The van der Waals surface area contributed by atoms with E-state index in [1.165, 1.54) is 12.1 Å². The van der Waals surface area contributed by atoms with E-state index in [2.05, 4.69) is 10.3 Å². The van der Waals surface area contributed by atoms with Crippen LogP contribution in [0.3, 0.4) is 0 Å². The molecule has 1 heterocycles. The number of aromatic nitrogens is 2. The molecule has 160 valence electrons. The highest BCUT2D eigenvalue weighted by Crippen LogP contribution is 2.23. The predicted octanol–water partition coefficient (Wildman–Crippen LogP) is 3.56. The van der Waals surface area contributed by atoms with Crippen molar-refractivity contribution in [3.63, 3.8) is 0 Å². The van der Waals surface area contributed by atoms with Crippen molar-refractivity contribution < 1.29 is 13.2 Å². The molecule has 30 heavy (non-hydrogen) atoms. The molecule has 0 aliphatic carbocycles. The van der Waals surface area contributed by atoms with E-state index in [1.807, 2.05) is 36.6 Å². The Hall–Kier alpha value is -2.42. The number of carbonyl (C=O) groups is 1. The Balaban J connectivity index is 1.76. The molecule has 9 heteroatoms. The first-order valence-corrected chi connectivity index (χ1v) is 11.7. The van der Waals surface area contributed by atoms with Gasteiger partial charge in [-0.2, -0.15) is 0 Å². The van der Waals surface area contributed by atoms with Crippen LogP contribution in [0.25, 0.3) is 11.0 Å². The van der Waals surface area contributed by atoms with Crippen molar-refractivity contribution in [1.82, 2.24) is 14.9 Å². The topological polar surface area (TPSA) is 107 Å². The highest BCUT2D eigenvalue weighted by Gasteiger charge is 2.17. The molecule has 1 atom stereocenters. The fourth-order valence-corrected chi connectivity index (χ4v) is 4.28. The zero-order valence-electron chi connectivity index (χ0n) is 16.9. The molecule has 0 bridgehead atoms. The van der Waals surface area contributed by atoms with Crippen LogP contribution in [0.1, 0.15) is 44.1 Å². The van der Waals surface area contributed by atoms with Crippen LogP contribution in [-0.2, 0) is 27.8 Å². The van der Waals surface area contributed by atoms with Gasteiger partial charge in [-0.1, -0.05) is 36.7 Å². The van der Waals surface area contributed by atoms with Crippen molar-refractivity contribution in [2.24, 2.45) is 5.14 Å². The van der Waals surface area contributed by atoms with Crippen molar-refractivity contribution in [1.29, 1.82) is 0 Å². The van der Waals surface area contributed by atoms with E-state index >= 15 is 0 Å². The first kappa shape index (κ1) is 22.3. The summed E-state index contributed by atoms with van der Waals surface area (Å²) in [5.41, 5.74) is 2.24. The number of nitrogens with one attached hydrogen (secondary N) is 1. The van der Waals surface area contributed by atoms with Gasteiger partial charge in [0.2, 0.25) is 15.9 Å². The Morgan fingerprint density at radius 3 is 2.67 bits per heavy atom. The molecule has 7 nitrogen and oxygen atoms in total. The second-order valence-corrected chi connectivity index (χ2v) is 9.15. The quantitative estimate of drug-likeness (QED) is 0.549. The normalized spacial score (nSPS) is 12.8. The molecule has 0 aliphatic rings. The number of benzene rings is 2. The minimum absolute atomic E-state index is 0.0222. The summed E-state index contributed by atoms with van der Waals surface area (Å²) >= 11 is 6.20. The summed E-state index contributed by atoms with van der Waals surface area (Å²) in [7, 11) is -3.80. The molecule has 0 spiro atoms. The van der Waals surface area contributed by atoms with E-state index in [9.17, 15) is 13.2 Å². The number of nitrogens with zero attached hydrogens (tertiary/aromatic N) is 2. The van der Waals surface area contributed by atoms with Crippen LogP contribution in [-0.4, -0.2) is 23.9 Å². The van der Waals surface area contributed by atoms with Gasteiger partial charge in [0.25, 0.3) is 0 Å². The zero-order chi connectivity index (χ0) is 21.9. The van der Waals surface area contributed by atoms with E-state index in [1.54, 1.807) is 12.1 Å². The SMILES string of the molecule is CCCn1c(CCC(=O)NC(C)c2ccccc2Cl)nc2cc(S(N)(=O)=O)ccc21. The van der Waals surface area contributed by atoms with Crippen molar-refractivity contribution in [2.75, 3.05) is 0 Å². The van der Waals surface area contributed by atoms with Crippen LogP contribution in [0.2, 0.25) is 5.02 Å². The lowest BCUT2D eigenvalue weighted by molar-refractivity contribution is -0.121. The number of amides is 1. The predicted molar refractivity (Wildman–Crippen MR) is 118 cm³/mol. The smallest absolute Gasteiger partial charge is 0.238 e. The summed E-state index contributed by atoms with van der Waals surface area (Å²) in [6, 6.07) is 11.9. The van der Waals surface area contributed by atoms with Crippen molar-refractivity contribution >= 4 is 38.6 Å². The Labute approximate surface area is 181 Å². The maximum absolute atomic E-state index is 12.5. The van der Waals surface area contributed by atoms with Crippen LogP contribution in [0.4, 0.5) is 0 Å². The second-order valence-electron chi connectivity index (χ2n) is 7.19. The molecule has 1 unspecified atom stereocenters. The Bertz CT molecular complexity index is 1170. The van der Waals surface area contributed by atoms with Gasteiger partial charge in [-0.05, 0) is 43.2 Å². The van der Waals surface area contributed by atoms with Gasteiger partial charge in [0, 0.05) is 24.4 Å². The van der Waals surface area contributed by atoms with Gasteiger partial charge in [-0.3, -0.25) is 4.79 Å². The van der Waals surface area contributed by atoms with Crippen molar-refractivity contribution in [3.8, 4) is 0 Å². The minimum Gasteiger partial charge on any atom is -0.350 e. The third-order valence-electron chi connectivity index (χ3n) is 4.90. The molecule has 0 fully saturated rings. The number of carbonyl (C=O) groups excluding carboxylic acids is 1. The van der Waals surface area contributed by atoms with E-state index in [0.717, 1.165) is 29.9 Å². The third-order valence-corrected chi connectivity index (χ3v) is 6.15. The number of hydrogen-bond acceptors (Lipinski definition) is 4. The Kier molecular flexibility index (Phi) is 6.80. The van der Waals surface area contributed by atoms with Gasteiger partial charge >= 0.3 is 0 Å². The highest BCUT2D eigenvalue weighted by atomic mass is 35.5. The van der Waals surface area contributed by atoms with Gasteiger partial charge in [0.1, 0.15) is 5.82 Å². The average molecular weight is 449 g/mol. The molecule has 0 saturated heterocycles. The number of sulfonamides is 1. The van der Waals surface area contributed by atoms with Crippen LogP contribution in [0.15, 0.2) is 47.4 Å². The number of hydrogen-bond donors (Lipinski definition) is 2. The fraction of sp³-hybridized carbons (Fsp3) is 0.333. The zero-order valence-corrected chi connectivity index (χ0v) is 18.5. The first-order chi connectivity index (χ1) is 14.2. The molecule has 0 aliphatic heterocycles. The lowest BCUT2D eigenvalue weighted by Crippen LogP contribution is -2.27. The van der Waals surface area contributed by atoms with E-state index in [4.69, 9.17) is 16.7 Å². The van der Waals surface area contributed by atoms with Gasteiger partial charge in [0.05, 0.1) is 22.0 Å². The molecular weight excluding hydrogens is 424 g/mol. The third kappa shape index (κ3) is 5.00. The van der Waals surface area contributed by atoms with Crippen LogP contribution in [0, 0.1) is 0 Å². The number of imidazole rings is 1. The minimum atomic E-state index is -3.80. The maximum Gasteiger partial charge on any atom is 0.238 e. The van der Waals surface area contributed by atoms with Crippen LogP contribution in [0.5, 0.6) is 0 Å². The van der Waals surface area contributed by atoms with Crippen molar-refractivity contribution in [2.45, 2.75) is 50.6 Å². The summed E-state index contributed by atoms with van der Waals surface area (Å²) in [6.07, 6.45) is 1.56. The van der Waals surface area contributed by atoms with Gasteiger partial charge < -0.3 is 9.88 Å². The summed E-state index contributed by atoms with van der Waals surface area (Å²) in [4.78, 5) is 17.1. The Morgan fingerprint density at radius 1 is 1.27 bits per heavy atom. The average Bonchev–Trinajstić information content (AvgIpc) is 3.03. The van der Waals surface area contributed by atoms with E-state index in [0.29, 0.717) is 17.0 Å². The summed E-state index contributed by atoms with van der Waals surface area (Å²) in [5, 5.41) is 8.81.